The second kappa shape index (κ2) is 3.19. The zero-order chi connectivity index (χ0) is 4.99. The molecule has 0 aromatic carbocycles. The molecule has 0 rings (SSSR count). The van der Waals surface area contributed by atoms with Gasteiger partial charge in [0.1, 0.15) is 6.29 Å². The van der Waals surface area contributed by atoms with Crippen molar-refractivity contribution in [1.29, 1.82) is 0 Å². The van der Waals surface area contributed by atoms with Crippen LogP contribution in [-0.2, 0) is 9.39 Å². The molecule has 0 N–H and O–H groups in total. The first-order valence-corrected chi connectivity index (χ1v) is 1.87. The van der Waals surface area contributed by atoms with E-state index in [1.807, 2.05) is 6.92 Å². The predicted octanol–water partition coefficient (Wildman–Crippen LogP) is -0.457. The number of methoxy groups -OCH3 is 1. The van der Waals surface area contributed by atoms with Gasteiger partial charge in [0.25, 0.3) is 8.05 Å². The van der Waals surface area contributed by atoms with Crippen molar-refractivity contribution in [2.75, 3.05) is 7.11 Å². The molecule has 0 fully saturated rings. The van der Waals surface area contributed by atoms with Crippen molar-refractivity contribution < 1.29 is 9.39 Å². The van der Waals surface area contributed by atoms with Crippen molar-refractivity contribution in [2.24, 2.45) is 0 Å². The van der Waals surface area contributed by atoms with Crippen LogP contribution < -0.4 is 0 Å². The summed E-state index contributed by atoms with van der Waals surface area (Å²) < 4.78 is 9.35. The van der Waals surface area contributed by atoms with Crippen LogP contribution in [0.1, 0.15) is 6.92 Å². The van der Waals surface area contributed by atoms with Gasteiger partial charge < -0.3 is 9.39 Å². The normalized spacial score (nSPS) is 14.3. The Hall–Kier alpha value is -0.0151. The van der Waals surface area contributed by atoms with Crippen molar-refractivity contribution in [3.8, 4) is 0 Å². The molecule has 0 bridgehead atoms. The van der Waals surface area contributed by atoms with Gasteiger partial charge >= 0.3 is 0 Å². The van der Waals surface area contributed by atoms with E-state index in [9.17, 15) is 0 Å². The van der Waals surface area contributed by atoms with Gasteiger partial charge in [0.15, 0.2) is 0 Å². The molecular weight excluding hydrogens is 78.8 g/mol. The molecule has 0 heterocycles. The molecule has 36 valence electrons. The van der Waals surface area contributed by atoms with Crippen molar-refractivity contribution in [3.63, 3.8) is 0 Å². The van der Waals surface area contributed by atoms with Crippen molar-refractivity contribution in [2.45, 2.75) is 13.2 Å². The number of hydrogen-bond donors (Lipinski definition) is 0. The highest BCUT2D eigenvalue weighted by molar-refractivity contribution is 5.98. The minimum atomic E-state index is -0.0648. The lowest BCUT2D eigenvalue weighted by Gasteiger charge is -2.04. The molecule has 3 heteroatoms. The lowest BCUT2D eigenvalue weighted by atomic mass is 10.5. The number of hydrogen-bond acceptors (Lipinski definition) is 2. The molecule has 0 spiro atoms. The molecule has 0 aliphatic heterocycles. The monoisotopic (exact) mass is 88.1 g/mol. The highest BCUT2D eigenvalue weighted by atomic mass is 16.6. The Bertz CT molecular complexity index is 28.0. The Morgan fingerprint density at radius 1 is 1.67 bits per heavy atom. The second-order valence-electron chi connectivity index (χ2n) is 1.04. The summed E-state index contributed by atoms with van der Waals surface area (Å²) in [6, 6.07) is 0. The summed E-state index contributed by atoms with van der Waals surface area (Å²) >= 11 is 0. The Balaban J connectivity index is 2.75. The molecule has 2 nitrogen and oxygen atoms in total. The molecule has 0 aromatic rings. The van der Waals surface area contributed by atoms with Gasteiger partial charge in [-0.15, -0.1) is 0 Å². The van der Waals surface area contributed by atoms with E-state index in [0.717, 1.165) is 0 Å². The van der Waals surface area contributed by atoms with E-state index >= 15 is 0 Å². The van der Waals surface area contributed by atoms with E-state index in [-0.39, 0.29) is 6.29 Å². The van der Waals surface area contributed by atoms with E-state index in [2.05, 4.69) is 9.39 Å². The van der Waals surface area contributed by atoms with E-state index in [4.69, 9.17) is 0 Å². The van der Waals surface area contributed by atoms with Gasteiger partial charge in [0.05, 0.1) is 0 Å². The third-order valence-electron chi connectivity index (χ3n) is 0.664. The highest BCUT2D eigenvalue weighted by Crippen LogP contribution is 1.82. The van der Waals surface area contributed by atoms with Gasteiger partial charge in [-0.1, -0.05) is 0 Å². The van der Waals surface area contributed by atoms with Crippen LogP contribution in [0.2, 0.25) is 0 Å². The van der Waals surface area contributed by atoms with Crippen LogP contribution in [0.3, 0.4) is 0 Å². The zero-order valence-electron chi connectivity index (χ0n) is 4.39. The van der Waals surface area contributed by atoms with Crippen LogP contribution in [0.25, 0.3) is 0 Å². The van der Waals surface area contributed by atoms with Gasteiger partial charge in [-0.25, -0.2) is 0 Å². The van der Waals surface area contributed by atoms with Crippen LogP contribution in [0.4, 0.5) is 0 Å². The quantitative estimate of drug-likeness (QED) is 0.336. The molecule has 6 heavy (non-hydrogen) atoms. The van der Waals surface area contributed by atoms with Crippen molar-refractivity contribution in [3.05, 3.63) is 0 Å². The smallest absolute Gasteiger partial charge is 0.260 e. The summed E-state index contributed by atoms with van der Waals surface area (Å²) in [4.78, 5) is 0. The molecule has 0 amide bonds. The summed E-state index contributed by atoms with van der Waals surface area (Å²) in [6.45, 7) is 1.83. The standard InChI is InChI=1S/C3H9BO2/c1-3(5-2)6-4/h3H,4H2,1-2H3. The lowest BCUT2D eigenvalue weighted by Crippen LogP contribution is -2.06. The third-order valence-corrected chi connectivity index (χ3v) is 0.664. The first kappa shape index (κ1) is 5.98. The molecule has 0 aromatic heterocycles. The summed E-state index contributed by atoms with van der Waals surface area (Å²) in [5, 5.41) is 0. The van der Waals surface area contributed by atoms with E-state index in [0.29, 0.717) is 0 Å². The van der Waals surface area contributed by atoms with Crippen LogP contribution in [0, 0.1) is 0 Å². The van der Waals surface area contributed by atoms with Crippen LogP contribution in [0.5, 0.6) is 0 Å². The Kier molecular flexibility index (Phi) is 3.18. The van der Waals surface area contributed by atoms with Gasteiger partial charge in [-0.3, -0.25) is 0 Å². The first-order chi connectivity index (χ1) is 2.81. The summed E-state index contributed by atoms with van der Waals surface area (Å²) in [7, 11) is 3.21. The molecule has 0 radical (unpaired) electrons. The highest BCUT2D eigenvalue weighted by Gasteiger charge is 1.87. The molecule has 0 aliphatic carbocycles. The first-order valence-electron chi connectivity index (χ1n) is 1.87. The molecule has 0 aliphatic rings. The summed E-state index contributed by atoms with van der Waals surface area (Å²) in [6.07, 6.45) is -0.0648. The SMILES string of the molecule is BOC(C)OC. The molecule has 1 atom stereocenters. The van der Waals surface area contributed by atoms with Gasteiger partial charge in [-0.2, -0.15) is 0 Å². The van der Waals surface area contributed by atoms with E-state index in [1.165, 1.54) is 0 Å². The zero-order valence-corrected chi connectivity index (χ0v) is 4.39. The second-order valence-corrected chi connectivity index (χ2v) is 1.04. The van der Waals surface area contributed by atoms with E-state index in [1.54, 1.807) is 15.2 Å². The van der Waals surface area contributed by atoms with E-state index < -0.39 is 0 Å². The topological polar surface area (TPSA) is 18.5 Å². The third kappa shape index (κ3) is 2.24. The lowest BCUT2D eigenvalue weighted by molar-refractivity contribution is -0.0334. The fraction of sp³-hybridized carbons (Fsp3) is 1.00. The predicted molar refractivity (Wildman–Crippen MR) is 26.1 cm³/mol. The Morgan fingerprint density at radius 2 is 2.17 bits per heavy atom. The Labute approximate surface area is 38.9 Å². The largest absolute Gasteiger partial charge is 0.421 e. The minimum absolute atomic E-state index is 0.0648. The minimum Gasteiger partial charge on any atom is -0.421 e. The molecule has 0 saturated carbocycles. The fourth-order valence-electron chi connectivity index (χ4n) is 0.0962. The number of ether oxygens (including phenoxy) is 1. The maximum Gasteiger partial charge on any atom is 0.260 e. The molecule has 1 unspecified atom stereocenters. The van der Waals surface area contributed by atoms with Crippen molar-refractivity contribution in [1.82, 2.24) is 0 Å². The average molecular weight is 87.9 g/mol. The van der Waals surface area contributed by atoms with Crippen LogP contribution >= 0.6 is 0 Å². The van der Waals surface area contributed by atoms with Crippen LogP contribution in [0.15, 0.2) is 0 Å². The maximum absolute atomic E-state index is 4.68. The fourth-order valence-corrected chi connectivity index (χ4v) is 0.0962. The average Bonchev–Trinajstić information content (AvgIpc) is 1.65. The summed E-state index contributed by atoms with van der Waals surface area (Å²) in [5.41, 5.74) is 0. The summed E-state index contributed by atoms with van der Waals surface area (Å²) in [5.74, 6) is 0. The van der Waals surface area contributed by atoms with Gasteiger partial charge in [0, 0.05) is 7.11 Å². The van der Waals surface area contributed by atoms with Crippen molar-refractivity contribution >= 4 is 8.05 Å². The number of rotatable bonds is 2. The van der Waals surface area contributed by atoms with Gasteiger partial charge in [-0.05, 0) is 6.92 Å². The Morgan fingerprint density at radius 3 is 2.17 bits per heavy atom. The molecule has 0 saturated heterocycles. The maximum atomic E-state index is 4.68. The van der Waals surface area contributed by atoms with Crippen LogP contribution in [-0.4, -0.2) is 21.4 Å². The molecular formula is C3H9BO2. The van der Waals surface area contributed by atoms with Gasteiger partial charge in [0.2, 0.25) is 0 Å².